The Morgan fingerprint density at radius 3 is 2.61 bits per heavy atom. The van der Waals surface area contributed by atoms with Crippen LogP contribution in [0.3, 0.4) is 0 Å². The molecule has 0 aromatic rings. The number of hydrogen-bond acceptors (Lipinski definition) is 4. The Kier molecular flexibility index (Phi) is 4.59. The molecule has 3 unspecified atom stereocenters. The van der Waals surface area contributed by atoms with Gasteiger partial charge in [0.1, 0.15) is 0 Å². The molecule has 0 saturated carbocycles. The molecule has 0 radical (unpaired) electrons. The maximum atomic E-state index is 12.4. The number of amides is 1. The number of nitrogens with zero attached hydrogens (tertiary/aromatic N) is 2. The van der Waals surface area contributed by atoms with Crippen molar-refractivity contribution >= 4 is 5.91 Å². The third kappa shape index (κ3) is 3.22. The number of likely N-dealkylation sites (tertiary alicyclic amines) is 1. The largest absolute Gasteiger partial charge is 0.378 e. The molecule has 3 atom stereocenters. The Labute approximate surface area is 109 Å². The van der Waals surface area contributed by atoms with E-state index in [4.69, 9.17) is 10.5 Å². The molecule has 2 fully saturated rings. The monoisotopic (exact) mass is 255 g/mol. The van der Waals surface area contributed by atoms with Gasteiger partial charge in [0.05, 0.1) is 19.3 Å². The molecular weight excluding hydrogens is 230 g/mol. The Hall–Kier alpha value is -0.650. The summed E-state index contributed by atoms with van der Waals surface area (Å²) in [5.74, 6) is 0.799. The van der Waals surface area contributed by atoms with Crippen molar-refractivity contribution in [3.8, 4) is 0 Å². The summed E-state index contributed by atoms with van der Waals surface area (Å²) in [7, 11) is 0. The number of carbonyl (C=O) groups excluding carboxylic acids is 1. The van der Waals surface area contributed by atoms with E-state index in [0.29, 0.717) is 19.1 Å². The summed E-state index contributed by atoms with van der Waals surface area (Å²) in [5.41, 5.74) is 6.05. The average molecular weight is 255 g/mol. The summed E-state index contributed by atoms with van der Waals surface area (Å²) in [6.07, 6.45) is 1.06. The Morgan fingerprint density at radius 1 is 1.33 bits per heavy atom. The molecule has 0 aliphatic carbocycles. The van der Waals surface area contributed by atoms with E-state index in [0.717, 1.165) is 32.6 Å². The maximum absolute atomic E-state index is 12.4. The van der Waals surface area contributed by atoms with Gasteiger partial charge in [0.25, 0.3) is 0 Å². The molecule has 2 aliphatic heterocycles. The predicted octanol–water partition coefficient (Wildman–Crippen LogP) is -0.0972. The number of hydrogen-bond donors (Lipinski definition) is 1. The number of ether oxygens (including phenoxy) is 1. The maximum Gasteiger partial charge on any atom is 0.239 e. The van der Waals surface area contributed by atoms with E-state index in [-0.39, 0.29) is 18.0 Å². The molecule has 1 amide bonds. The van der Waals surface area contributed by atoms with Crippen LogP contribution in [0.25, 0.3) is 0 Å². The molecule has 2 saturated heterocycles. The summed E-state index contributed by atoms with van der Waals surface area (Å²) in [6.45, 7) is 8.78. The summed E-state index contributed by atoms with van der Waals surface area (Å²) in [5, 5.41) is 0. The number of carbonyl (C=O) groups is 1. The second-order valence-electron chi connectivity index (χ2n) is 5.67. The van der Waals surface area contributed by atoms with Gasteiger partial charge in [-0.25, -0.2) is 0 Å². The quantitative estimate of drug-likeness (QED) is 0.749. The smallest absolute Gasteiger partial charge is 0.239 e. The number of morpholine rings is 1. The number of rotatable bonds is 2. The highest BCUT2D eigenvalue weighted by Crippen LogP contribution is 2.18. The number of piperidine rings is 1. The zero-order valence-corrected chi connectivity index (χ0v) is 11.5. The van der Waals surface area contributed by atoms with Gasteiger partial charge in [-0.2, -0.15) is 0 Å². The van der Waals surface area contributed by atoms with E-state index >= 15 is 0 Å². The van der Waals surface area contributed by atoms with Crippen LogP contribution in [0.2, 0.25) is 0 Å². The van der Waals surface area contributed by atoms with Crippen molar-refractivity contribution in [1.82, 2.24) is 9.80 Å². The fourth-order valence-electron chi connectivity index (χ4n) is 2.96. The minimum absolute atomic E-state index is 0.0584. The van der Waals surface area contributed by atoms with Gasteiger partial charge in [0, 0.05) is 32.2 Å². The predicted molar refractivity (Wildman–Crippen MR) is 70.2 cm³/mol. The summed E-state index contributed by atoms with van der Waals surface area (Å²) >= 11 is 0. The fraction of sp³-hybridized carbons (Fsp3) is 0.923. The van der Waals surface area contributed by atoms with Crippen LogP contribution in [0.4, 0.5) is 0 Å². The van der Waals surface area contributed by atoms with E-state index in [1.807, 2.05) is 11.8 Å². The molecule has 2 heterocycles. The van der Waals surface area contributed by atoms with Gasteiger partial charge in [-0.15, -0.1) is 0 Å². The van der Waals surface area contributed by atoms with Crippen LogP contribution in [0.15, 0.2) is 0 Å². The molecule has 5 heteroatoms. The van der Waals surface area contributed by atoms with Crippen LogP contribution in [0, 0.1) is 5.92 Å². The molecule has 0 aromatic heterocycles. The zero-order chi connectivity index (χ0) is 13.1. The van der Waals surface area contributed by atoms with Crippen LogP contribution in [0.1, 0.15) is 20.3 Å². The molecular formula is C13H25N3O2. The minimum Gasteiger partial charge on any atom is -0.378 e. The van der Waals surface area contributed by atoms with Crippen molar-refractivity contribution in [1.29, 1.82) is 0 Å². The van der Waals surface area contributed by atoms with Gasteiger partial charge in [-0.3, -0.25) is 9.69 Å². The van der Waals surface area contributed by atoms with Crippen molar-refractivity contribution < 1.29 is 9.53 Å². The first-order chi connectivity index (χ1) is 8.58. The third-order valence-corrected chi connectivity index (χ3v) is 3.95. The summed E-state index contributed by atoms with van der Waals surface area (Å²) < 4.78 is 5.28. The topological polar surface area (TPSA) is 58.8 Å². The van der Waals surface area contributed by atoms with Gasteiger partial charge in [-0.05, 0) is 19.3 Å². The molecule has 0 spiro atoms. The van der Waals surface area contributed by atoms with E-state index < -0.39 is 0 Å². The lowest BCUT2D eigenvalue weighted by Gasteiger charge is -2.40. The van der Waals surface area contributed by atoms with Gasteiger partial charge in [0.2, 0.25) is 5.91 Å². The first kappa shape index (κ1) is 13.8. The minimum atomic E-state index is -0.0584. The van der Waals surface area contributed by atoms with Crippen LogP contribution < -0.4 is 5.73 Å². The molecule has 0 bridgehead atoms. The van der Waals surface area contributed by atoms with Crippen LogP contribution in [-0.4, -0.2) is 67.2 Å². The Balaban J connectivity index is 1.92. The van der Waals surface area contributed by atoms with Gasteiger partial charge in [-0.1, -0.05) is 6.92 Å². The molecule has 2 N–H and O–H groups in total. The molecule has 0 aromatic carbocycles. The third-order valence-electron chi connectivity index (χ3n) is 3.95. The second-order valence-corrected chi connectivity index (χ2v) is 5.67. The highest BCUT2D eigenvalue weighted by Gasteiger charge is 2.31. The van der Waals surface area contributed by atoms with Crippen molar-refractivity contribution in [2.75, 3.05) is 39.4 Å². The lowest BCUT2D eigenvalue weighted by atomic mass is 9.95. The first-order valence-electron chi connectivity index (χ1n) is 6.94. The van der Waals surface area contributed by atoms with Crippen molar-refractivity contribution in [3.05, 3.63) is 0 Å². The summed E-state index contributed by atoms with van der Waals surface area (Å²) in [6, 6.07) is 0.144. The Morgan fingerprint density at radius 2 is 2.00 bits per heavy atom. The molecule has 2 rings (SSSR count). The number of nitrogens with two attached hydrogens (primary N) is 1. The SMILES string of the molecule is CC1CC(N)CN(C(C)C(=O)N2CCOCC2)C1. The average Bonchev–Trinajstić information content (AvgIpc) is 2.37. The van der Waals surface area contributed by atoms with Crippen molar-refractivity contribution in [2.24, 2.45) is 11.7 Å². The molecule has 104 valence electrons. The van der Waals surface area contributed by atoms with E-state index in [9.17, 15) is 4.79 Å². The van der Waals surface area contributed by atoms with Crippen molar-refractivity contribution in [2.45, 2.75) is 32.4 Å². The van der Waals surface area contributed by atoms with Gasteiger partial charge < -0.3 is 15.4 Å². The van der Waals surface area contributed by atoms with Crippen molar-refractivity contribution in [3.63, 3.8) is 0 Å². The fourth-order valence-corrected chi connectivity index (χ4v) is 2.96. The molecule has 5 nitrogen and oxygen atoms in total. The lowest BCUT2D eigenvalue weighted by molar-refractivity contribution is -0.141. The standard InChI is InChI=1S/C13H25N3O2/c1-10-7-12(14)9-16(8-10)11(2)13(17)15-3-5-18-6-4-15/h10-12H,3-9,14H2,1-2H3. The highest BCUT2D eigenvalue weighted by molar-refractivity contribution is 5.81. The highest BCUT2D eigenvalue weighted by atomic mass is 16.5. The zero-order valence-electron chi connectivity index (χ0n) is 11.5. The van der Waals surface area contributed by atoms with E-state index in [1.165, 1.54) is 0 Å². The van der Waals surface area contributed by atoms with E-state index in [2.05, 4.69) is 11.8 Å². The van der Waals surface area contributed by atoms with Crippen LogP contribution >= 0.6 is 0 Å². The second kappa shape index (κ2) is 5.99. The normalized spacial score (nSPS) is 32.3. The lowest BCUT2D eigenvalue weighted by Crippen LogP contribution is -2.56. The van der Waals surface area contributed by atoms with E-state index in [1.54, 1.807) is 0 Å². The summed E-state index contributed by atoms with van der Waals surface area (Å²) in [4.78, 5) is 16.5. The van der Waals surface area contributed by atoms with Crippen LogP contribution in [0.5, 0.6) is 0 Å². The molecule has 18 heavy (non-hydrogen) atoms. The molecule has 2 aliphatic rings. The Bertz CT molecular complexity index is 282. The first-order valence-corrected chi connectivity index (χ1v) is 6.94. The van der Waals surface area contributed by atoms with Crippen LogP contribution in [-0.2, 0) is 9.53 Å². The van der Waals surface area contributed by atoms with Gasteiger partial charge >= 0.3 is 0 Å². The van der Waals surface area contributed by atoms with Gasteiger partial charge in [0.15, 0.2) is 0 Å².